The number of hydrogen-bond donors (Lipinski definition) is 1. The predicted octanol–water partition coefficient (Wildman–Crippen LogP) is 4.46. The van der Waals surface area contributed by atoms with Crippen molar-refractivity contribution in [2.75, 3.05) is 24.4 Å². The number of rotatable bonds is 10. The summed E-state index contributed by atoms with van der Waals surface area (Å²) in [4.78, 5) is 15.1. The zero-order chi connectivity index (χ0) is 21.7. The van der Waals surface area contributed by atoms with E-state index in [0.29, 0.717) is 36.1 Å². The van der Waals surface area contributed by atoms with Crippen molar-refractivity contribution < 1.29 is 17.9 Å². The van der Waals surface area contributed by atoms with Crippen LogP contribution in [-0.2, 0) is 10.0 Å². The molecule has 1 aliphatic carbocycles. The number of benzene rings is 2. The van der Waals surface area contributed by atoms with E-state index in [1.807, 2.05) is 25.7 Å². The van der Waals surface area contributed by atoms with E-state index in [-0.39, 0.29) is 10.8 Å². The van der Waals surface area contributed by atoms with Crippen molar-refractivity contribution in [2.24, 2.45) is 5.92 Å². The first-order valence-electron chi connectivity index (χ1n) is 10.5. The number of sulfonamides is 1. The van der Waals surface area contributed by atoms with Gasteiger partial charge in [-0.25, -0.2) is 8.42 Å². The van der Waals surface area contributed by atoms with Crippen LogP contribution in [0.15, 0.2) is 47.4 Å². The molecule has 162 valence electrons. The lowest BCUT2D eigenvalue weighted by atomic mass is 10.1. The van der Waals surface area contributed by atoms with Crippen LogP contribution in [0.2, 0.25) is 0 Å². The fourth-order valence-corrected chi connectivity index (χ4v) is 4.41. The van der Waals surface area contributed by atoms with Crippen LogP contribution in [0.4, 0.5) is 5.69 Å². The summed E-state index contributed by atoms with van der Waals surface area (Å²) in [5.41, 5.74) is 1.66. The largest absolute Gasteiger partial charge is 0.494 e. The average molecular weight is 431 g/mol. The minimum Gasteiger partial charge on any atom is -0.494 e. The molecule has 1 amide bonds. The molecule has 7 heteroatoms. The van der Waals surface area contributed by atoms with E-state index in [9.17, 15) is 13.2 Å². The molecular formula is C23H30N2O4S. The molecule has 0 bridgehead atoms. The molecule has 0 spiro atoms. The van der Waals surface area contributed by atoms with Crippen LogP contribution in [0.5, 0.6) is 5.75 Å². The number of ether oxygens (including phenoxy) is 1. The number of aryl methyl sites for hydroxylation is 1. The summed E-state index contributed by atoms with van der Waals surface area (Å²) in [6.45, 7) is 7.73. The van der Waals surface area contributed by atoms with E-state index in [4.69, 9.17) is 4.74 Å². The van der Waals surface area contributed by atoms with Crippen molar-refractivity contribution in [3.63, 3.8) is 0 Å². The summed E-state index contributed by atoms with van der Waals surface area (Å²) in [5.74, 6) is 1.16. The number of nitrogens with one attached hydrogen (secondary N) is 1. The number of amides is 1. The Kier molecular flexibility index (Phi) is 7.02. The number of carbonyl (C=O) groups is 1. The van der Waals surface area contributed by atoms with Crippen molar-refractivity contribution in [1.82, 2.24) is 4.90 Å². The van der Waals surface area contributed by atoms with Gasteiger partial charge in [-0.2, -0.15) is 0 Å². The van der Waals surface area contributed by atoms with Gasteiger partial charge in [-0.15, -0.1) is 0 Å². The molecule has 0 radical (unpaired) electrons. The van der Waals surface area contributed by atoms with Gasteiger partial charge >= 0.3 is 0 Å². The topological polar surface area (TPSA) is 75.7 Å². The van der Waals surface area contributed by atoms with Gasteiger partial charge in [0.2, 0.25) is 0 Å². The smallest absolute Gasteiger partial charge is 0.261 e. The SMILES string of the molecule is CCCN(CC1CC1)C(=O)c1cc(S(=O)(=O)Nc2ccc(OCC)cc2)ccc1C. The Balaban J connectivity index is 1.82. The molecule has 0 unspecified atom stereocenters. The Bertz CT molecular complexity index is 983. The highest BCUT2D eigenvalue weighted by atomic mass is 32.2. The lowest BCUT2D eigenvalue weighted by Gasteiger charge is -2.23. The van der Waals surface area contributed by atoms with Crippen molar-refractivity contribution >= 4 is 21.6 Å². The van der Waals surface area contributed by atoms with Crippen LogP contribution in [0.3, 0.4) is 0 Å². The molecule has 0 aliphatic heterocycles. The van der Waals surface area contributed by atoms with Gasteiger partial charge in [0.15, 0.2) is 0 Å². The highest BCUT2D eigenvalue weighted by Gasteiger charge is 2.28. The number of carbonyl (C=O) groups excluding carboxylic acids is 1. The molecule has 0 atom stereocenters. The maximum atomic E-state index is 13.2. The second-order valence-corrected chi connectivity index (χ2v) is 9.42. The minimum atomic E-state index is -3.82. The molecule has 1 N–H and O–H groups in total. The van der Waals surface area contributed by atoms with Crippen LogP contribution in [0, 0.1) is 12.8 Å². The highest BCUT2D eigenvalue weighted by Crippen LogP contribution is 2.30. The van der Waals surface area contributed by atoms with Crippen molar-refractivity contribution in [1.29, 1.82) is 0 Å². The molecule has 2 aromatic rings. The molecule has 6 nitrogen and oxygen atoms in total. The molecule has 1 fully saturated rings. The Morgan fingerprint density at radius 1 is 1.13 bits per heavy atom. The Labute approximate surface area is 179 Å². The van der Waals surface area contributed by atoms with Gasteiger partial charge in [0, 0.05) is 24.3 Å². The maximum absolute atomic E-state index is 13.2. The Hall–Kier alpha value is -2.54. The van der Waals surface area contributed by atoms with Gasteiger partial charge < -0.3 is 9.64 Å². The number of nitrogens with zero attached hydrogens (tertiary/aromatic N) is 1. The monoisotopic (exact) mass is 430 g/mol. The molecule has 1 saturated carbocycles. The van der Waals surface area contributed by atoms with Crippen LogP contribution in [0.1, 0.15) is 49.0 Å². The predicted molar refractivity (Wildman–Crippen MR) is 119 cm³/mol. The number of anilines is 1. The lowest BCUT2D eigenvalue weighted by Crippen LogP contribution is -2.34. The first kappa shape index (κ1) is 22.2. The quantitative estimate of drug-likeness (QED) is 0.604. The first-order chi connectivity index (χ1) is 14.3. The van der Waals surface area contributed by atoms with Crippen LogP contribution >= 0.6 is 0 Å². The molecule has 1 aliphatic rings. The molecule has 0 aromatic heterocycles. The summed E-state index contributed by atoms with van der Waals surface area (Å²) in [6, 6.07) is 11.5. The minimum absolute atomic E-state index is 0.0770. The third kappa shape index (κ3) is 5.53. The summed E-state index contributed by atoms with van der Waals surface area (Å²) >= 11 is 0. The molecule has 0 heterocycles. The summed E-state index contributed by atoms with van der Waals surface area (Å²) in [5, 5.41) is 0. The van der Waals surface area contributed by atoms with E-state index >= 15 is 0 Å². The van der Waals surface area contributed by atoms with Crippen molar-refractivity contribution in [3.05, 3.63) is 53.6 Å². The maximum Gasteiger partial charge on any atom is 0.261 e. The van der Waals surface area contributed by atoms with Gasteiger partial charge in [-0.3, -0.25) is 9.52 Å². The average Bonchev–Trinajstić information content (AvgIpc) is 3.53. The summed E-state index contributed by atoms with van der Waals surface area (Å²) in [6.07, 6.45) is 3.19. The van der Waals surface area contributed by atoms with Crippen molar-refractivity contribution in [2.45, 2.75) is 44.9 Å². The zero-order valence-electron chi connectivity index (χ0n) is 17.8. The molecule has 3 rings (SSSR count). The van der Waals surface area contributed by atoms with Crippen LogP contribution in [0.25, 0.3) is 0 Å². The molecule has 0 saturated heterocycles. The summed E-state index contributed by atoms with van der Waals surface area (Å²) in [7, 11) is -3.82. The first-order valence-corrected chi connectivity index (χ1v) is 12.0. The molecule has 30 heavy (non-hydrogen) atoms. The third-order valence-electron chi connectivity index (χ3n) is 5.12. The van der Waals surface area contributed by atoms with Gasteiger partial charge in [0.1, 0.15) is 5.75 Å². The van der Waals surface area contributed by atoms with Gasteiger partial charge in [-0.05, 0) is 81.0 Å². The summed E-state index contributed by atoms with van der Waals surface area (Å²) < 4.78 is 33.8. The van der Waals surface area contributed by atoms with Crippen molar-refractivity contribution in [3.8, 4) is 5.75 Å². The van der Waals surface area contributed by atoms with Gasteiger partial charge in [-0.1, -0.05) is 13.0 Å². The molecule has 2 aromatic carbocycles. The van der Waals surface area contributed by atoms with E-state index in [1.54, 1.807) is 30.3 Å². The lowest BCUT2D eigenvalue weighted by molar-refractivity contribution is 0.0746. The second kappa shape index (κ2) is 9.51. The van der Waals surface area contributed by atoms with E-state index < -0.39 is 10.0 Å². The highest BCUT2D eigenvalue weighted by molar-refractivity contribution is 7.92. The van der Waals surface area contributed by atoms with E-state index in [0.717, 1.165) is 31.4 Å². The third-order valence-corrected chi connectivity index (χ3v) is 6.50. The molecular weight excluding hydrogens is 400 g/mol. The Morgan fingerprint density at radius 2 is 1.83 bits per heavy atom. The van der Waals surface area contributed by atoms with E-state index in [1.165, 1.54) is 12.1 Å². The number of hydrogen-bond acceptors (Lipinski definition) is 4. The van der Waals surface area contributed by atoms with E-state index in [2.05, 4.69) is 4.72 Å². The van der Waals surface area contributed by atoms with Gasteiger partial charge in [0.25, 0.3) is 15.9 Å². The normalized spacial score (nSPS) is 13.7. The second-order valence-electron chi connectivity index (χ2n) is 7.73. The Morgan fingerprint density at radius 3 is 2.43 bits per heavy atom. The van der Waals surface area contributed by atoms with Crippen LogP contribution in [-0.4, -0.2) is 38.9 Å². The fourth-order valence-electron chi connectivity index (χ4n) is 3.33. The zero-order valence-corrected chi connectivity index (χ0v) is 18.7. The fraction of sp³-hybridized carbons (Fsp3) is 0.435. The van der Waals surface area contributed by atoms with Crippen LogP contribution < -0.4 is 9.46 Å². The standard InChI is InChI=1S/C23H30N2O4S/c1-4-14-25(16-18-7-8-18)23(26)22-15-21(13-6-17(22)3)30(27,28)24-19-9-11-20(12-10-19)29-5-2/h6,9-13,15,18,24H,4-5,7-8,14,16H2,1-3H3. The van der Waals surface area contributed by atoms with Gasteiger partial charge in [0.05, 0.1) is 11.5 Å².